The third-order valence-electron chi connectivity index (χ3n) is 5.09. The molecule has 0 aliphatic rings. The molecule has 0 saturated carbocycles. The molecule has 0 aliphatic heterocycles. The smallest absolute Gasteiger partial charge is 0.264 e. The predicted octanol–water partition coefficient (Wildman–Crippen LogP) is 5.40. The van der Waals surface area contributed by atoms with Gasteiger partial charge in [0.1, 0.15) is 17.3 Å². The van der Waals surface area contributed by atoms with Crippen LogP contribution in [0.3, 0.4) is 0 Å². The Morgan fingerprint density at radius 3 is 2.31 bits per heavy atom. The molecule has 0 saturated heterocycles. The molecule has 186 valence electrons. The summed E-state index contributed by atoms with van der Waals surface area (Å²) in [7, 11) is -4.06. The fourth-order valence-electron chi connectivity index (χ4n) is 3.30. The second kappa shape index (κ2) is 11.1. The van der Waals surface area contributed by atoms with Crippen molar-refractivity contribution in [3.05, 3.63) is 83.4 Å². The number of benzene rings is 3. The van der Waals surface area contributed by atoms with Crippen LogP contribution in [0.1, 0.15) is 12.5 Å². The molecule has 1 aromatic heterocycles. The van der Waals surface area contributed by atoms with E-state index < -0.39 is 22.5 Å². The van der Waals surface area contributed by atoms with Crippen LogP contribution in [0.25, 0.3) is 10.6 Å². The van der Waals surface area contributed by atoms with Crippen molar-refractivity contribution in [1.82, 2.24) is 10.2 Å². The van der Waals surface area contributed by atoms with E-state index in [-0.39, 0.29) is 10.0 Å². The van der Waals surface area contributed by atoms with E-state index in [0.717, 1.165) is 15.4 Å². The highest BCUT2D eigenvalue weighted by Gasteiger charge is 2.27. The number of hydrogen-bond acceptors (Lipinski definition) is 7. The van der Waals surface area contributed by atoms with Crippen LogP contribution in [0.2, 0.25) is 5.02 Å². The van der Waals surface area contributed by atoms with Gasteiger partial charge in [0.15, 0.2) is 0 Å². The summed E-state index contributed by atoms with van der Waals surface area (Å²) in [6.45, 7) is 3.76. The first-order valence-electron chi connectivity index (χ1n) is 11.0. The maximum absolute atomic E-state index is 13.6. The molecule has 3 aromatic carbocycles. The van der Waals surface area contributed by atoms with Gasteiger partial charge in [0.2, 0.25) is 11.0 Å². The van der Waals surface area contributed by atoms with Crippen molar-refractivity contribution in [3.63, 3.8) is 0 Å². The van der Waals surface area contributed by atoms with E-state index in [4.69, 9.17) is 16.3 Å². The van der Waals surface area contributed by atoms with E-state index >= 15 is 0 Å². The van der Waals surface area contributed by atoms with Crippen molar-refractivity contribution >= 4 is 49.7 Å². The molecule has 0 radical (unpaired) electrons. The molecule has 8 nitrogen and oxygen atoms in total. The molecule has 11 heteroatoms. The summed E-state index contributed by atoms with van der Waals surface area (Å²) in [4.78, 5) is 13.0. The Labute approximate surface area is 218 Å². The number of anilines is 2. The first-order chi connectivity index (χ1) is 17.3. The number of aryl methyl sites for hydroxylation is 1. The quantitative estimate of drug-likeness (QED) is 0.304. The van der Waals surface area contributed by atoms with Crippen molar-refractivity contribution in [3.8, 4) is 16.3 Å². The Bertz CT molecular complexity index is 1440. The van der Waals surface area contributed by atoms with Crippen LogP contribution in [0.5, 0.6) is 5.75 Å². The van der Waals surface area contributed by atoms with Crippen molar-refractivity contribution in [2.24, 2.45) is 0 Å². The topological polar surface area (TPSA) is 101 Å². The van der Waals surface area contributed by atoms with Crippen LogP contribution in [0.4, 0.5) is 10.8 Å². The molecule has 0 spiro atoms. The zero-order valence-electron chi connectivity index (χ0n) is 19.5. The molecule has 0 bridgehead atoms. The summed E-state index contributed by atoms with van der Waals surface area (Å²) in [5.74, 6) is 0.00716. The number of hydrogen-bond donors (Lipinski definition) is 1. The minimum absolute atomic E-state index is 0.0419. The van der Waals surface area contributed by atoms with E-state index in [1.54, 1.807) is 60.7 Å². The summed E-state index contributed by atoms with van der Waals surface area (Å²) in [6.07, 6.45) is 0. The van der Waals surface area contributed by atoms with Crippen LogP contribution < -0.4 is 14.4 Å². The number of carbonyl (C=O) groups is 1. The Kier molecular flexibility index (Phi) is 7.88. The zero-order valence-corrected chi connectivity index (χ0v) is 21.9. The molecule has 1 N–H and O–H groups in total. The van der Waals surface area contributed by atoms with E-state index in [0.29, 0.717) is 28.1 Å². The van der Waals surface area contributed by atoms with Gasteiger partial charge >= 0.3 is 0 Å². The standard InChI is InChI=1S/C25H23ClN4O4S2/c1-3-34-21-12-14-22(15-13-21)36(32,33)30(20-10-4-17(2)5-11-20)16-23(31)27-25-29-28-24(35-25)18-6-8-19(26)9-7-18/h4-15H,3,16H2,1-2H3,(H,27,29,31). The molecular weight excluding hydrogens is 520 g/mol. The second-order valence-corrected chi connectivity index (χ2v) is 11.0. The maximum Gasteiger partial charge on any atom is 0.264 e. The van der Waals surface area contributed by atoms with E-state index in [2.05, 4.69) is 15.5 Å². The third-order valence-corrected chi connectivity index (χ3v) is 8.02. The minimum Gasteiger partial charge on any atom is -0.494 e. The molecule has 4 rings (SSSR count). The molecule has 1 heterocycles. The largest absolute Gasteiger partial charge is 0.494 e. The number of aromatic nitrogens is 2. The fourth-order valence-corrected chi connectivity index (χ4v) is 5.61. The van der Waals surface area contributed by atoms with Gasteiger partial charge in [0.25, 0.3) is 10.0 Å². The number of nitrogens with zero attached hydrogens (tertiary/aromatic N) is 3. The number of ether oxygens (including phenoxy) is 1. The maximum atomic E-state index is 13.6. The average Bonchev–Trinajstić information content (AvgIpc) is 3.32. The Hall–Kier alpha value is -3.47. The summed E-state index contributed by atoms with van der Waals surface area (Å²) in [6, 6.07) is 20.1. The van der Waals surface area contributed by atoms with Crippen LogP contribution in [-0.4, -0.2) is 37.7 Å². The molecular formula is C25H23ClN4O4S2. The van der Waals surface area contributed by atoms with Crippen molar-refractivity contribution in [1.29, 1.82) is 0 Å². The summed E-state index contributed by atoms with van der Waals surface area (Å²) in [5, 5.41) is 12.2. The van der Waals surface area contributed by atoms with E-state index in [9.17, 15) is 13.2 Å². The molecule has 36 heavy (non-hydrogen) atoms. The average molecular weight is 543 g/mol. The van der Waals surface area contributed by atoms with Gasteiger partial charge < -0.3 is 4.74 Å². The SMILES string of the molecule is CCOc1ccc(S(=O)(=O)N(CC(=O)Nc2nnc(-c3ccc(Cl)cc3)s2)c2ccc(C)cc2)cc1. The molecule has 1 amide bonds. The lowest BCUT2D eigenvalue weighted by atomic mass is 10.2. The number of amides is 1. The Morgan fingerprint density at radius 2 is 1.67 bits per heavy atom. The molecule has 0 atom stereocenters. The summed E-state index contributed by atoms with van der Waals surface area (Å²) >= 11 is 7.11. The number of nitrogens with one attached hydrogen (secondary N) is 1. The van der Waals surface area contributed by atoms with E-state index in [1.165, 1.54) is 23.5 Å². The zero-order chi connectivity index (χ0) is 25.7. The number of sulfonamides is 1. The lowest BCUT2D eigenvalue weighted by molar-refractivity contribution is -0.114. The van der Waals surface area contributed by atoms with Crippen LogP contribution in [0.15, 0.2) is 77.7 Å². The number of rotatable bonds is 9. The molecule has 4 aromatic rings. The molecule has 0 aliphatic carbocycles. The van der Waals surface area contributed by atoms with Crippen molar-refractivity contribution < 1.29 is 17.9 Å². The highest BCUT2D eigenvalue weighted by molar-refractivity contribution is 7.92. The second-order valence-electron chi connectivity index (χ2n) is 7.72. The van der Waals surface area contributed by atoms with Crippen molar-refractivity contribution in [2.75, 3.05) is 22.8 Å². The van der Waals surface area contributed by atoms with Gasteiger partial charge in [-0.3, -0.25) is 14.4 Å². The lowest BCUT2D eigenvalue weighted by Gasteiger charge is -2.24. The van der Waals surface area contributed by atoms with Gasteiger partial charge in [-0.2, -0.15) is 0 Å². The predicted molar refractivity (Wildman–Crippen MR) is 142 cm³/mol. The van der Waals surface area contributed by atoms with E-state index in [1.807, 2.05) is 13.8 Å². The third kappa shape index (κ3) is 6.01. The first kappa shape index (κ1) is 25.6. The van der Waals surface area contributed by atoms with Crippen LogP contribution >= 0.6 is 22.9 Å². The molecule has 0 unspecified atom stereocenters. The van der Waals surface area contributed by atoms with Crippen LogP contribution in [0, 0.1) is 6.92 Å². The van der Waals surface area contributed by atoms with Gasteiger partial charge in [-0.05, 0) is 62.4 Å². The summed E-state index contributed by atoms with van der Waals surface area (Å²) < 4.78 is 33.6. The highest BCUT2D eigenvalue weighted by atomic mass is 35.5. The number of halogens is 1. The highest BCUT2D eigenvalue weighted by Crippen LogP contribution is 2.28. The van der Waals surface area contributed by atoms with Gasteiger partial charge in [-0.25, -0.2) is 8.42 Å². The Balaban J connectivity index is 1.57. The molecule has 0 fully saturated rings. The normalized spacial score (nSPS) is 11.2. The van der Waals surface area contributed by atoms with Gasteiger partial charge in [-0.15, -0.1) is 10.2 Å². The van der Waals surface area contributed by atoms with Crippen LogP contribution in [-0.2, 0) is 14.8 Å². The monoisotopic (exact) mass is 542 g/mol. The van der Waals surface area contributed by atoms with Gasteiger partial charge in [-0.1, -0.05) is 52.8 Å². The lowest BCUT2D eigenvalue weighted by Crippen LogP contribution is -2.38. The van der Waals surface area contributed by atoms with Gasteiger partial charge in [0.05, 0.1) is 17.2 Å². The summed E-state index contributed by atoms with van der Waals surface area (Å²) in [5.41, 5.74) is 2.13. The Morgan fingerprint density at radius 1 is 1.00 bits per heavy atom. The fraction of sp³-hybridized carbons (Fsp3) is 0.160. The van der Waals surface area contributed by atoms with Gasteiger partial charge in [0, 0.05) is 10.6 Å². The number of carbonyl (C=O) groups excluding carboxylic acids is 1. The minimum atomic E-state index is -4.06. The first-order valence-corrected chi connectivity index (χ1v) is 13.6. The van der Waals surface area contributed by atoms with Crippen molar-refractivity contribution in [2.45, 2.75) is 18.7 Å².